The normalized spacial score (nSPS) is 14.2. The SMILES string of the molecule is CC/C=C\C/C=C\C/C=C\C/C=C\CCCCCCCCCCCCCCCCCCCCCCCCCCC(=O)NC(COP(=O)([O-])OCC[N+](C)(C)C)C(O)/C=C/CC/C=C/CC/C=C/CCCCCCCCCCCCCC. The Morgan fingerprint density at radius 3 is 1.15 bits per heavy atom. The molecule has 0 spiro atoms. The molecule has 472 valence electrons. The van der Waals surface area contributed by atoms with Crippen molar-refractivity contribution in [2.75, 3.05) is 40.9 Å². The highest BCUT2D eigenvalue weighted by Crippen LogP contribution is 2.38. The van der Waals surface area contributed by atoms with Gasteiger partial charge in [-0.15, -0.1) is 0 Å². The van der Waals surface area contributed by atoms with Gasteiger partial charge in [-0.1, -0.05) is 311 Å². The molecule has 0 saturated carbocycles. The van der Waals surface area contributed by atoms with Crippen molar-refractivity contribution in [1.82, 2.24) is 5.32 Å². The molecule has 2 N–H and O–H groups in total. The van der Waals surface area contributed by atoms with Crippen molar-refractivity contribution in [2.24, 2.45) is 0 Å². The Balaban J connectivity index is 4.04. The summed E-state index contributed by atoms with van der Waals surface area (Å²) in [5.74, 6) is -0.207. The molecule has 0 aliphatic heterocycles. The molecule has 9 heteroatoms. The molecule has 1 amide bonds. The van der Waals surface area contributed by atoms with Crippen molar-refractivity contribution >= 4 is 13.7 Å². The van der Waals surface area contributed by atoms with Crippen LogP contribution in [0.15, 0.2) is 85.1 Å². The van der Waals surface area contributed by atoms with Crippen molar-refractivity contribution in [3.8, 4) is 0 Å². The number of aliphatic hydroxyl groups excluding tert-OH is 1. The van der Waals surface area contributed by atoms with Gasteiger partial charge in [0.2, 0.25) is 5.91 Å². The maximum absolute atomic E-state index is 13.0. The quantitative estimate of drug-likeness (QED) is 0.0272. The molecule has 0 heterocycles. The summed E-state index contributed by atoms with van der Waals surface area (Å²) in [4.78, 5) is 25.6. The zero-order valence-electron chi connectivity index (χ0n) is 54.0. The molecule has 81 heavy (non-hydrogen) atoms. The summed E-state index contributed by atoms with van der Waals surface area (Å²) in [5.41, 5.74) is 0. The molecule has 0 saturated heterocycles. The van der Waals surface area contributed by atoms with E-state index in [1.165, 1.54) is 225 Å². The van der Waals surface area contributed by atoms with Crippen LogP contribution in [-0.4, -0.2) is 68.5 Å². The number of quaternary nitrogens is 1. The number of carbonyl (C=O) groups is 1. The van der Waals surface area contributed by atoms with Crippen LogP contribution in [0, 0.1) is 0 Å². The number of amides is 1. The van der Waals surface area contributed by atoms with Crippen LogP contribution in [0.4, 0.5) is 0 Å². The fraction of sp³-hybridized carbons (Fsp3) is 0.792. The second-order valence-electron chi connectivity index (χ2n) is 24.5. The average Bonchev–Trinajstić information content (AvgIpc) is 3.43. The number of carbonyl (C=O) groups excluding carboxylic acids is 1. The number of allylic oxidation sites excluding steroid dienone is 13. The molecule has 3 atom stereocenters. The van der Waals surface area contributed by atoms with E-state index in [1.54, 1.807) is 6.08 Å². The first-order chi connectivity index (χ1) is 39.5. The Bertz CT molecular complexity index is 1600. The van der Waals surface area contributed by atoms with Gasteiger partial charge in [0.25, 0.3) is 7.82 Å². The van der Waals surface area contributed by atoms with Gasteiger partial charge < -0.3 is 28.8 Å². The van der Waals surface area contributed by atoms with Gasteiger partial charge in [-0.2, -0.15) is 0 Å². The van der Waals surface area contributed by atoms with Gasteiger partial charge >= 0.3 is 0 Å². The Morgan fingerprint density at radius 1 is 0.444 bits per heavy atom. The molecule has 0 aliphatic carbocycles. The van der Waals surface area contributed by atoms with Crippen molar-refractivity contribution in [3.05, 3.63) is 85.1 Å². The fourth-order valence-electron chi connectivity index (χ4n) is 10.0. The standard InChI is InChI=1S/C72H133N2O6P/c1-6-8-10-12-14-16-18-20-22-24-26-28-30-31-32-33-34-35-36-37-38-39-40-41-42-43-44-46-48-50-52-54-56-58-60-62-64-66-72(76)73-70(69-80-81(77,78)79-68-67-74(3,4)5)71(75)65-63-61-59-57-55-53-51-49-47-45-29-27-25-23-21-19-17-15-13-11-9-7-2/h8,10,14,16,20,22,26,28,47,49,55,57,63,65,70-71,75H,6-7,9,11-13,15,17-19,21,23-25,27,29-46,48,50-54,56,58-62,64,66-69H2,1-5H3,(H-,73,76,77,78)/b10-8-,16-14-,22-20-,28-26-,49-47+,57-55+,65-63+. The van der Waals surface area contributed by atoms with Gasteiger partial charge in [0.15, 0.2) is 0 Å². The third kappa shape index (κ3) is 65.1. The largest absolute Gasteiger partial charge is 0.756 e. The van der Waals surface area contributed by atoms with Gasteiger partial charge in [-0.3, -0.25) is 9.36 Å². The highest BCUT2D eigenvalue weighted by molar-refractivity contribution is 7.45. The van der Waals surface area contributed by atoms with E-state index in [2.05, 4.69) is 92.1 Å². The van der Waals surface area contributed by atoms with E-state index in [-0.39, 0.29) is 12.5 Å². The van der Waals surface area contributed by atoms with Gasteiger partial charge in [0.1, 0.15) is 13.2 Å². The first kappa shape index (κ1) is 78.7. The van der Waals surface area contributed by atoms with E-state index in [0.717, 1.165) is 70.6 Å². The molecule has 0 radical (unpaired) electrons. The maximum Gasteiger partial charge on any atom is 0.268 e. The van der Waals surface area contributed by atoms with Crippen LogP contribution < -0.4 is 10.2 Å². The number of hydrogen-bond donors (Lipinski definition) is 2. The van der Waals surface area contributed by atoms with Crippen LogP contribution in [0.5, 0.6) is 0 Å². The Morgan fingerprint density at radius 2 is 0.765 bits per heavy atom. The van der Waals surface area contributed by atoms with E-state index in [1.807, 2.05) is 27.2 Å². The Labute approximate surface area is 503 Å². The first-order valence-electron chi connectivity index (χ1n) is 34.4. The Kier molecular flexibility index (Phi) is 60.4. The van der Waals surface area contributed by atoms with Gasteiger partial charge in [0.05, 0.1) is 39.9 Å². The molecule has 8 nitrogen and oxygen atoms in total. The monoisotopic (exact) mass is 1150 g/mol. The van der Waals surface area contributed by atoms with E-state index in [4.69, 9.17) is 9.05 Å². The van der Waals surface area contributed by atoms with Crippen LogP contribution in [0.2, 0.25) is 0 Å². The first-order valence-corrected chi connectivity index (χ1v) is 35.9. The number of hydrogen-bond acceptors (Lipinski definition) is 6. The zero-order valence-corrected chi connectivity index (χ0v) is 54.9. The molecular weight excluding hydrogens is 1020 g/mol. The molecule has 0 bridgehead atoms. The summed E-state index contributed by atoms with van der Waals surface area (Å²) in [6.45, 7) is 4.54. The zero-order chi connectivity index (χ0) is 59.1. The summed E-state index contributed by atoms with van der Waals surface area (Å²) in [5, 5.41) is 13.9. The predicted molar refractivity (Wildman–Crippen MR) is 353 cm³/mol. The molecule has 0 aromatic rings. The molecule has 3 unspecified atom stereocenters. The van der Waals surface area contributed by atoms with Gasteiger partial charge in [0, 0.05) is 6.42 Å². The maximum atomic E-state index is 13.0. The van der Waals surface area contributed by atoms with Gasteiger partial charge in [-0.05, 0) is 83.5 Å². The minimum absolute atomic E-state index is 0.00969. The van der Waals surface area contributed by atoms with Crippen LogP contribution in [0.3, 0.4) is 0 Å². The second-order valence-corrected chi connectivity index (χ2v) is 25.9. The van der Waals surface area contributed by atoms with Gasteiger partial charge in [-0.25, -0.2) is 0 Å². The predicted octanol–water partition coefficient (Wildman–Crippen LogP) is 21.3. The minimum atomic E-state index is -4.62. The second kappa shape index (κ2) is 62.2. The highest BCUT2D eigenvalue weighted by atomic mass is 31.2. The fourth-order valence-corrected chi connectivity index (χ4v) is 10.7. The molecule has 0 aromatic heterocycles. The minimum Gasteiger partial charge on any atom is -0.756 e. The lowest BCUT2D eigenvalue weighted by Crippen LogP contribution is -2.45. The topological polar surface area (TPSA) is 108 Å². The molecule has 0 fully saturated rings. The molecule has 0 rings (SSSR count). The summed E-state index contributed by atoms with van der Waals surface area (Å²) in [7, 11) is 1.24. The third-order valence-electron chi connectivity index (χ3n) is 15.3. The smallest absolute Gasteiger partial charge is 0.268 e. The van der Waals surface area contributed by atoms with Crippen LogP contribution >= 0.6 is 7.82 Å². The van der Waals surface area contributed by atoms with Crippen LogP contribution in [-0.2, 0) is 18.4 Å². The van der Waals surface area contributed by atoms with Crippen molar-refractivity contribution < 1.29 is 32.9 Å². The number of likely N-dealkylation sites (N-methyl/N-ethyl adjacent to an activating group) is 1. The summed E-state index contributed by atoms with van der Waals surface area (Å²) < 4.78 is 23.4. The van der Waals surface area contributed by atoms with Crippen molar-refractivity contribution in [3.63, 3.8) is 0 Å². The van der Waals surface area contributed by atoms with E-state index in [9.17, 15) is 19.4 Å². The molecular formula is C72H133N2O6P. The summed E-state index contributed by atoms with van der Waals surface area (Å²) in [6.07, 6.45) is 88.6. The number of nitrogens with zero attached hydrogens (tertiary/aromatic N) is 1. The molecule has 0 aliphatic rings. The van der Waals surface area contributed by atoms with Crippen molar-refractivity contribution in [1.29, 1.82) is 0 Å². The number of phosphoric ester groups is 1. The Hall–Kier alpha value is -2.32. The number of nitrogens with one attached hydrogen (secondary N) is 1. The average molecular weight is 1150 g/mol. The third-order valence-corrected chi connectivity index (χ3v) is 16.3. The highest BCUT2D eigenvalue weighted by Gasteiger charge is 2.23. The number of phosphoric acid groups is 1. The van der Waals surface area contributed by atoms with E-state index in [0.29, 0.717) is 17.4 Å². The number of unbranched alkanes of at least 4 members (excludes halogenated alkanes) is 38. The lowest BCUT2D eigenvalue weighted by Gasteiger charge is -2.29. The summed E-state index contributed by atoms with van der Waals surface area (Å²) in [6, 6.07) is -0.913. The molecule has 0 aromatic carbocycles. The number of rotatable bonds is 63. The van der Waals surface area contributed by atoms with Crippen LogP contribution in [0.1, 0.15) is 316 Å². The lowest BCUT2D eigenvalue weighted by atomic mass is 10.0. The number of aliphatic hydroxyl groups is 1. The summed E-state index contributed by atoms with van der Waals surface area (Å²) >= 11 is 0. The van der Waals surface area contributed by atoms with Crippen LogP contribution in [0.25, 0.3) is 0 Å². The van der Waals surface area contributed by atoms with E-state index >= 15 is 0 Å². The van der Waals surface area contributed by atoms with E-state index < -0.39 is 26.6 Å². The van der Waals surface area contributed by atoms with Crippen molar-refractivity contribution in [2.45, 2.75) is 328 Å². The lowest BCUT2D eigenvalue weighted by molar-refractivity contribution is -0.870.